The summed E-state index contributed by atoms with van der Waals surface area (Å²) in [5.74, 6) is -0.0742. The molecule has 0 fully saturated rings. The Kier molecular flexibility index (Phi) is 4.83. The van der Waals surface area contributed by atoms with Crippen LogP contribution in [0.1, 0.15) is 23.1 Å². The number of carbonyl (C=O) groups is 1. The number of amides is 2. The maximum atomic E-state index is 12.8. The Hall–Kier alpha value is -2.56. The zero-order valence-electron chi connectivity index (χ0n) is 13.2. The van der Waals surface area contributed by atoms with Crippen LogP contribution in [0.2, 0.25) is 0 Å². The number of nitrogens with one attached hydrogen (secondary N) is 2. The van der Waals surface area contributed by atoms with Crippen molar-refractivity contribution < 1.29 is 23.1 Å². The van der Waals surface area contributed by atoms with Crippen LogP contribution in [-0.4, -0.2) is 37.2 Å². The summed E-state index contributed by atoms with van der Waals surface area (Å²) in [6, 6.07) is 0.835. The molecule has 2 heterocycles. The lowest BCUT2D eigenvalue weighted by Crippen LogP contribution is -2.33. The van der Waals surface area contributed by atoms with Crippen molar-refractivity contribution in [3.05, 3.63) is 29.2 Å². The lowest BCUT2D eigenvalue weighted by molar-refractivity contribution is -0.141. The highest BCUT2D eigenvalue weighted by Gasteiger charge is 2.37. The van der Waals surface area contributed by atoms with Crippen molar-refractivity contribution in [3.63, 3.8) is 0 Å². The fourth-order valence-corrected chi connectivity index (χ4v) is 2.23. The molecule has 0 aliphatic rings. The highest BCUT2D eigenvalue weighted by atomic mass is 19.4. The van der Waals surface area contributed by atoms with E-state index in [1.54, 1.807) is 13.1 Å². The summed E-state index contributed by atoms with van der Waals surface area (Å²) >= 11 is 0. The molecule has 0 radical (unpaired) electrons. The van der Waals surface area contributed by atoms with Gasteiger partial charge < -0.3 is 10.4 Å². The van der Waals surface area contributed by atoms with Crippen LogP contribution in [-0.2, 0) is 20.3 Å². The molecular weight excluding hydrogens is 329 g/mol. The molecule has 2 aromatic rings. The molecule has 24 heavy (non-hydrogen) atoms. The second-order valence-corrected chi connectivity index (χ2v) is 5.17. The van der Waals surface area contributed by atoms with E-state index in [1.807, 2.05) is 0 Å². The summed E-state index contributed by atoms with van der Waals surface area (Å²) in [6.45, 7) is 1.09. The molecular formula is C13H17F3N6O2. The van der Waals surface area contributed by atoms with Gasteiger partial charge in [-0.25, -0.2) is 4.79 Å². The van der Waals surface area contributed by atoms with Crippen molar-refractivity contribution >= 4 is 11.8 Å². The van der Waals surface area contributed by atoms with Crippen LogP contribution < -0.4 is 10.6 Å². The van der Waals surface area contributed by atoms with Crippen molar-refractivity contribution in [2.75, 3.05) is 11.9 Å². The van der Waals surface area contributed by atoms with E-state index in [9.17, 15) is 23.1 Å². The molecule has 0 saturated carbocycles. The van der Waals surface area contributed by atoms with Crippen LogP contribution in [0.4, 0.5) is 23.8 Å². The normalized spacial score (nSPS) is 13.0. The smallest absolute Gasteiger partial charge is 0.385 e. The Morgan fingerprint density at radius 3 is 2.54 bits per heavy atom. The van der Waals surface area contributed by atoms with Gasteiger partial charge in [0.05, 0.1) is 12.2 Å². The highest BCUT2D eigenvalue weighted by Crippen LogP contribution is 2.33. The van der Waals surface area contributed by atoms with Crippen molar-refractivity contribution in [2.24, 2.45) is 14.1 Å². The molecule has 2 amide bonds. The monoisotopic (exact) mass is 346 g/mol. The first-order chi connectivity index (χ1) is 11.1. The van der Waals surface area contributed by atoms with Crippen LogP contribution in [0, 0.1) is 6.92 Å². The van der Waals surface area contributed by atoms with E-state index < -0.39 is 24.0 Å². The van der Waals surface area contributed by atoms with E-state index in [2.05, 4.69) is 20.8 Å². The van der Waals surface area contributed by atoms with Gasteiger partial charge in [0.15, 0.2) is 5.69 Å². The number of urea groups is 1. The summed E-state index contributed by atoms with van der Waals surface area (Å²) in [5.41, 5.74) is -0.756. The van der Waals surface area contributed by atoms with Gasteiger partial charge in [0.25, 0.3) is 0 Å². The highest BCUT2D eigenvalue weighted by molar-refractivity contribution is 5.89. The third-order valence-corrected chi connectivity index (χ3v) is 3.44. The molecule has 2 rings (SSSR count). The number of anilines is 1. The van der Waals surface area contributed by atoms with Crippen molar-refractivity contribution in [3.8, 4) is 0 Å². The SMILES string of the molecule is Cc1c(C(F)(F)F)nn(C)c1NC(=O)NCC(O)c1ccnn1C. The van der Waals surface area contributed by atoms with Gasteiger partial charge in [0.2, 0.25) is 0 Å². The number of hydrogen-bond donors (Lipinski definition) is 3. The van der Waals surface area contributed by atoms with E-state index in [0.717, 1.165) is 4.68 Å². The van der Waals surface area contributed by atoms with Gasteiger partial charge in [-0.1, -0.05) is 0 Å². The Morgan fingerprint density at radius 1 is 1.38 bits per heavy atom. The van der Waals surface area contributed by atoms with Gasteiger partial charge in [-0.3, -0.25) is 14.7 Å². The van der Waals surface area contributed by atoms with Crippen LogP contribution in [0.15, 0.2) is 12.3 Å². The fourth-order valence-electron chi connectivity index (χ4n) is 2.23. The first kappa shape index (κ1) is 17.8. The first-order valence-electron chi connectivity index (χ1n) is 6.93. The minimum absolute atomic E-state index is 0.0742. The van der Waals surface area contributed by atoms with Crippen molar-refractivity contribution in [1.82, 2.24) is 24.9 Å². The molecule has 2 aromatic heterocycles. The second-order valence-electron chi connectivity index (χ2n) is 5.17. The largest absolute Gasteiger partial charge is 0.435 e. The third kappa shape index (κ3) is 3.67. The predicted molar refractivity (Wildman–Crippen MR) is 78.1 cm³/mol. The minimum Gasteiger partial charge on any atom is -0.385 e. The van der Waals surface area contributed by atoms with Crippen LogP contribution >= 0.6 is 0 Å². The molecule has 0 aliphatic carbocycles. The van der Waals surface area contributed by atoms with Crippen LogP contribution in [0.5, 0.6) is 0 Å². The second kappa shape index (κ2) is 6.51. The number of aryl methyl sites for hydroxylation is 2. The number of alkyl halides is 3. The summed E-state index contributed by atoms with van der Waals surface area (Å²) in [4.78, 5) is 11.9. The van der Waals surface area contributed by atoms with Gasteiger partial charge >= 0.3 is 12.2 Å². The van der Waals surface area contributed by atoms with Gasteiger partial charge in [-0.2, -0.15) is 23.4 Å². The average molecular weight is 346 g/mol. The zero-order valence-corrected chi connectivity index (χ0v) is 13.2. The molecule has 11 heteroatoms. The third-order valence-electron chi connectivity index (χ3n) is 3.44. The van der Waals surface area contributed by atoms with Gasteiger partial charge in [-0.05, 0) is 13.0 Å². The molecule has 0 spiro atoms. The van der Waals surface area contributed by atoms with Gasteiger partial charge in [-0.15, -0.1) is 0 Å². The van der Waals surface area contributed by atoms with Crippen LogP contribution in [0.3, 0.4) is 0 Å². The quantitative estimate of drug-likeness (QED) is 0.778. The Morgan fingerprint density at radius 2 is 2.04 bits per heavy atom. The molecule has 0 saturated heterocycles. The number of hydrogen-bond acceptors (Lipinski definition) is 4. The number of nitrogens with zero attached hydrogens (tertiary/aromatic N) is 4. The number of aromatic nitrogens is 4. The van der Waals surface area contributed by atoms with E-state index >= 15 is 0 Å². The number of rotatable bonds is 4. The Labute approximate surface area is 135 Å². The van der Waals surface area contributed by atoms with Gasteiger partial charge in [0.1, 0.15) is 11.9 Å². The fraction of sp³-hybridized carbons (Fsp3) is 0.462. The Balaban J connectivity index is 2.01. The summed E-state index contributed by atoms with van der Waals surface area (Å²) in [5, 5.41) is 21.9. The summed E-state index contributed by atoms with van der Waals surface area (Å²) in [7, 11) is 2.93. The number of carbonyl (C=O) groups excluding carboxylic acids is 1. The summed E-state index contributed by atoms with van der Waals surface area (Å²) in [6.07, 6.45) is -4.11. The van der Waals surface area contributed by atoms with E-state index in [-0.39, 0.29) is 17.9 Å². The maximum Gasteiger partial charge on any atom is 0.435 e. The first-order valence-corrected chi connectivity index (χ1v) is 6.93. The topological polar surface area (TPSA) is 97.0 Å². The van der Waals surface area contributed by atoms with Gasteiger partial charge in [0, 0.05) is 25.9 Å². The lowest BCUT2D eigenvalue weighted by Gasteiger charge is -2.13. The standard InChI is InChI=1S/C13H17F3N6O2/c1-7-10(13(14,15)16)20-22(3)11(7)19-12(24)17-6-9(23)8-4-5-18-21(8)2/h4-5,9,23H,6H2,1-3H3,(H2,17,19,24). The molecule has 1 unspecified atom stereocenters. The van der Waals surface area contributed by atoms with E-state index in [4.69, 9.17) is 0 Å². The number of aliphatic hydroxyl groups is 1. The Bertz CT molecular complexity index is 737. The molecule has 132 valence electrons. The maximum absolute atomic E-state index is 12.8. The molecule has 1 atom stereocenters. The number of halogens is 3. The van der Waals surface area contributed by atoms with Crippen LogP contribution in [0.25, 0.3) is 0 Å². The van der Waals surface area contributed by atoms with E-state index in [0.29, 0.717) is 5.69 Å². The molecule has 0 aliphatic heterocycles. The summed E-state index contributed by atoms with van der Waals surface area (Å²) < 4.78 is 40.7. The number of aliphatic hydroxyl groups excluding tert-OH is 1. The molecule has 0 bridgehead atoms. The van der Waals surface area contributed by atoms with Crippen molar-refractivity contribution in [1.29, 1.82) is 0 Å². The van der Waals surface area contributed by atoms with E-state index in [1.165, 1.54) is 24.9 Å². The molecule has 0 aromatic carbocycles. The van der Waals surface area contributed by atoms with Crippen molar-refractivity contribution in [2.45, 2.75) is 19.2 Å². The predicted octanol–water partition coefficient (Wildman–Crippen LogP) is 1.34. The zero-order chi connectivity index (χ0) is 18.1. The molecule has 8 nitrogen and oxygen atoms in total. The average Bonchev–Trinajstić information content (AvgIpc) is 3.02. The molecule has 3 N–H and O–H groups in total. The lowest BCUT2D eigenvalue weighted by atomic mass is 10.2. The minimum atomic E-state index is -4.60.